The maximum atomic E-state index is 11.1. The van der Waals surface area contributed by atoms with E-state index in [2.05, 4.69) is 34.5 Å². The van der Waals surface area contributed by atoms with Crippen LogP contribution in [0.4, 0.5) is 4.79 Å². The summed E-state index contributed by atoms with van der Waals surface area (Å²) in [5, 5.41) is 0. The smallest absolute Gasteiger partial charge is 0.308 e. The fourth-order valence-electron chi connectivity index (χ4n) is 1.24. The number of rotatable bonds is 10. The van der Waals surface area contributed by atoms with Crippen molar-refractivity contribution in [3.8, 4) is 0 Å². The van der Waals surface area contributed by atoms with E-state index in [1.165, 1.54) is 0 Å². The molecule has 0 atom stereocenters. The predicted octanol–water partition coefficient (Wildman–Crippen LogP) is 3.95. The molecule has 0 rings (SSSR count). The van der Waals surface area contributed by atoms with Gasteiger partial charge in [0.25, 0.3) is 0 Å². The zero-order valence-corrected chi connectivity index (χ0v) is 12.2. The topological polar surface area (TPSA) is 59.6 Å². The van der Waals surface area contributed by atoms with Crippen molar-refractivity contribution >= 4 is 6.16 Å². The SMILES string of the molecule is CCCCC=CNOC(=O)ONC(C)=CCCCC. The van der Waals surface area contributed by atoms with E-state index in [0.717, 1.165) is 44.2 Å². The zero-order chi connectivity index (χ0) is 14.3. The minimum atomic E-state index is -0.816. The van der Waals surface area contributed by atoms with Crippen LogP contribution in [0.15, 0.2) is 24.0 Å². The number of carbonyl (C=O) groups is 1. The molecule has 0 bridgehead atoms. The predicted molar refractivity (Wildman–Crippen MR) is 75.8 cm³/mol. The Balaban J connectivity index is 3.58. The van der Waals surface area contributed by atoms with Gasteiger partial charge in [-0.3, -0.25) is 0 Å². The number of carbonyl (C=O) groups excluding carboxylic acids is 1. The van der Waals surface area contributed by atoms with Crippen LogP contribution in [-0.4, -0.2) is 6.16 Å². The van der Waals surface area contributed by atoms with Crippen molar-refractivity contribution in [3.63, 3.8) is 0 Å². The summed E-state index contributed by atoms with van der Waals surface area (Å²) in [5.74, 6) is 0. The molecular weight excluding hydrogens is 244 g/mol. The van der Waals surface area contributed by atoms with E-state index in [1.54, 1.807) is 6.20 Å². The number of hydrogen-bond acceptors (Lipinski definition) is 5. The molecule has 0 fully saturated rings. The second kappa shape index (κ2) is 12.8. The standard InChI is InChI=1S/C14H26N2O3/c1-4-6-8-10-12-15-18-14(17)19-16-13(3)11-9-7-5-2/h10-12,15-16H,4-9H2,1-3H3. The molecule has 0 aromatic rings. The molecule has 0 radical (unpaired) electrons. The molecule has 0 aliphatic carbocycles. The average Bonchev–Trinajstić information content (AvgIpc) is 2.40. The molecule has 5 heteroatoms. The second-order valence-corrected chi connectivity index (χ2v) is 4.25. The number of hydroxylamine groups is 2. The summed E-state index contributed by atoms with van der Waals surface area (Å²) in [6.45, 7) is 6.09. The van der Waals surface area contributed by atoms with Crippen molar-refractivity contribution in [2.75, 3.05) is 0 Å². The van der Waals surface area contributed by atoms with E-state index >= 15 is 0 Å². The largest absolute Gasteiger partial charge is 0.558 e. The van der Waals surface area contributed by atoms with Gasteiger partial charge in [-0.1, -0.05) is 51.7 Å². The molecule has 0 aromatic heterocycles. The molecule has 0 aromatic carbocycles. The second-order valence-electron chi connectivity index (χ2n) is 4.25. The van der Waals surface area contributed by atoms with Gasteiger partial charge in [0, 0.05) is 11.9 Å². The third kappa shape index (κ3) is 12.6. The van der Waals surface area contributed by atoms with Crippen LogP contribution in [-0.2, 0) is 9.68 Å². The quantitative estimate of drug-likeness (QED) is 0.465. The number of nitrogens with one attached hydrogen (secondary N) is 2. The molecule has 110 valence electrons. The Hall–Kier alpha value is -1.65. The molecule has 0 spiro atoms. The van der Waals surface area contributed by atoms with Crippen molar-refractivity contribution < 1.29 is 14.5 Å². The zero-order valence-electron chi connectivity index (χ0n) is 12.2. The molecular formula is C14H26N2O3. The fraction of sp³-hybridized carbons (Fsp3) is 0.643. The first-order chi connectivity index (χ1) is 9.20. The minimum Gasteiger partial charge on any atom is -0.308 e. The van der Waals surface area contributed by atoms with Gasteiger partial charge in [-0.2, -0.15) is 4.79 Å². The lowest BCUT2D eigenvalue weighted by molar-refractivity contribution is 0.00526. The van der Waals surface area contributed by atoms with Crippen LogP contribution in [0.5, 0.6) is 0 Å². The van der Waals surface area contributed by atoms with Gasteiger partial charge in [0.2, 0.25) is 0 Å². The Morgan fingerprint density at radius 1 is 1.11 bits per heavy atom. The van der Waals surface area contributed by atoms with Gasteiger partial charge in [0.15, 0.2) is 0 Å². The summed E-state index contributed by atoms with van der Waals surface area (Å²) in [5.41, 5.74) is 5.73. The first kappa shape index (κ1) is 17.4. The number of hydrogen-bond donors (Lipinski definition) is 2. The average molecular weight is 270 g/mol. The Bertz CT molecular complexity index is 288. The van der Waals surface area contributed by atoms with Gasteiger partial charge in [-0.15, -0.1) is 0 Å². The van der Waals surface area contributed by atoms with Crippen LogP contribution in [0.25, 0.3) is 0 Å². The van der Waals surface area contributed by atoms with E-state index in [-0.39, 0.29) is 0 Å². The van der Waals surface area contributed by atoms with Gasteiger partial charge in [0.1, 0.15) is 0 Å². The number of allylic oxidation sites excluding steroid dienone is 3. The van der Waals surface area contributed by atoms with Crippen molar-refractivity contribution in [1.82, 2.24) is 11.0 Å². The highest BCUT2D eigenvalue weighted by Crippen LogP contribution is 1.98. The van der Waals surface area contributed by atoms with Crippen molar-refractivity contribution in [1.29, 1.82) is 0 Å². The van der Waals surface area contributed by atoms with Gasteiger partial charge in [-0.25, -0.2) is 11.0 Å². The van der Waals surface area contributed by atoms with Crippen LogP contribution in [0.3, 0.4) is 0 Å². The maximum Gasteiger partial charge on any atom is 0.558 e. The van der Waals surface area contributed by atoms with Crippen LogP contribution >= 0.6 is 0 Å². The lowest BCUT2D eigenvalue weighted by Gasteiger charge is -2.06. The van der Waals surface area contributed by atoms with E-state index in [0.29, 0.717) is 0 Å². The highest BCUT2D eigenvalue weighted by molar-refractivity contribution is 5.59. The van der Waals surface area contributed by atoms with E-state index in [9.17, 15) is 4.79 Å². The molecule has 19 heavy (non-hydrogen) atoms. The normalized spacial score (nSPS) is 11.4. The monoisotopic (exact) mass is 270 g/mol. The van der Waals surface area contributed by atoms with Gasteiger partial charge in [0.05, 0.1) is 0 Å². The summed E-state index contributed by atoms with van der Waals surface area (Å²) >= 11 is 0. The lowest BCUT2D eigenvalue weighted by Crippen LogP contribution is -2.23. The van der Waals surface area contributed by atoms with Crippen LogP contribution in [0, 0.1) is 0 Å². The Kier molecular flexibility index (Phi) is 11.7. The molecule has 0 saturated heterocycles. The third-order valence-electron chi connectivity index (χ3n) is 2.36. The van der Waals surface area contributed by atoms with Crippen LogP contribution < -0.4 is 11.0 Å². The Labute approximate surface area is 116 Å². The van der Waals surface area contributed by atoms with Crippen LogP contribution in [0.2, 0.25) is 0 Å². The molecule has 0 heterocycles. The Morgan fingerprint density at radius 2 is 1.79 bits per heavy atom. The fourth-order valence-corrected chi connectivity index (χ4v) is 1.24. The van der Waals surface area contributed by atoms with Gasteiger partial charge >= 0.3 is 6.16 Å². The molecule has 0 aliphatic heterocycles. The van der Waals surface area contributed by atoms with Crippen LogP contribution in [0.1, 0.15) is 59.3 Å². The molecule has 0 amide bonds. The van der Waals surface area contributed by atoms with E-state index in [4.69, 9.17) is 0 Å². The van der Waals surface area contributed by atoms with E-state index < -0.39 is 6.16 Å². The summed E-state index contributed by atoms with van der Waals surface area (Å²) in [6, 6.07) is 0. The number of unbranched alkanes of at least 4 members (excludes halogenated alkanes) is 4. The summed E-state index contributed by atoms with van der Waals surface area (Å²) in [7, 11) is 0. The molecule has 0 unspecified atom stereocenters. The third-order valence-corrected chi connectivity index (χ3v) is 2.36. The summed E-state index contributed by atoms with van der Waals surface area (Å²) in [6.07, 6.45) is 11.1. The molecule has 5 nitrogen and oxygen atoms in total. The first-order valence-corrected chi connectivity index (χ1v) is 6.91. The Morgan fingerprint density at radius 3 is 2.47 bits per heavy atom. The highest BCUT2D eigenvalue weighted by atomic mass is 16.9. The highest BCUT2D eigenvalue weighted by Gasteiger charge is 2.02. The van der Waals surface area contributed by atoms with Gasteiger partial charge < -0.3 is 9.68 Å². The van der Waals surface area contributed by atoms with Crippen molar-refractivity contribution in [3.05, 3.63) is 24.0 Å². The summed E-state index contributed by atoms with van der Waals surface area (Å²) < 4.78 is 0. The molecule has 0 aliphatic rings. The first-order valence-electron chi connectivity index (χ1n) is 6.91. The van der Waals surface area contributed by atoms with Crippen molar-refractivity contribution in [2.45, 2.75) is 59.3 Å². The van der Waals surface area contributed by atoms with Gasteiger partial charge in [-0.05, 0) is 19.8 Å². The lowest BCUT2D eigenvalue weighted by atomic mass is 10.2. The molecule has 0 saturated carbocycles. The van der Waals surface area contributed by atoms with Crippen molar-refractivity contribution in [2.24, 2.45) is 0 Å². The summed E-state index contributed by atoms with van der Waals surface area (Å²) in [4.78, 5) is 20.4. The maximum absolute atomic E-state index is 11.1. The van der Waals surface area contributed by atoms with E-state index in [1.807, 2.05) is 19.1 Å². The molecule has 2 N–H and O–H groups in total. The minimum absolute atomic E-state index is 0.795.